The summed E-state index contributed by atoms with van der Waals surface area (Å²) in [6.07, 6.45) is 3.78. The van der Waals surface area contributed by atoms with Gasteiger partial charge in [-0.25, -0.2) is 4.39 Å². The van der Waals surface area contributed by atoms with Gasteiger partial charge in [-0.05, 0) is 49.9 Å². The van der Waals surface area contributed by atoms with Gasteiger partial charge in [0.1, 0.15) is 5.82 Å². The molecule has 0 N–H and O–H groups in total. The monoisotopic (exact) mass is 389 g/mol. The highest BCUT2D eigenvalue weighted by molar-refractivity contribution is 5.94. The minimum atomic E-state index is -0.341. The predicted molar refractivity (Wildman–Crippen MR) is 102 cm³/mol. The van der Waals surface area contributed by atoms with E-state index in [-0.39, 0.29) is 23.7 Å². The van der Waals surface area contributed by atoms with Crippen LogP contribution in [0.15, 0.2) is 24.3 Å². The van der Waals surface area contributed by atoms with Crippen LogP contribution < -0.4 is 0 Å². The maximum absolute atomic E-state index is 13.1. The number of nitrogens with zero attached hydrogens (tertiary/aromatic N) is 3. The van der Waals surface area contributed by atoms with Gasteiger partial charge in [0, 0.05) is 57.5 Å². The van der Waals surface area contributed by atoms with Crippen LogP contribution in [0.5, 0.6) is 0 Å². The SMILES string of the molecule is O=C(c1ccc(F)cc1)N1CCN([C@H]2CCCN(C3CCOCC3)C2=O)CC1. The summed E-state index contributed by atoms with van der Waals surface area (Å²) in [5.41, 5.74) is 0.509. The number of carbonyl (C=O) groups excluding carboxylic acids is 2. The first-order valence-corrected chi connectivity index (χ1v) is 10.3. The number of amides is 2. The third-order valence-electron chi connectivity index (χ3n) is 6.21. The van der Waals surface area contributed by atoms with Crippen molar-refractivity contribution in [1.29, 1.82) is 0 Å². The van der Waals surface area contributed by atoms with Gasteiger partial charge in [0.15, 0.2) is 0 Å². The summed E-state index contributed by atoms with van der Waals surface area (Å²) in [6.45, 7) is 4.92. The van der Waals surface area contributed by atoms with Crippen LogP contribution >= 0.6 is 0 Å². The van der Waals surface area contributed by atoms with Gasteiger partial charge in [0.25, 0.3) is 5.91 Å². The number of piperazine rings is 1. The van der Waals surface area contributed by atoms with Crippen LogP contribution in [0.3, 0.4) is 0 Å². The predicted octanol–water partition coefficient (Wildman–Crippen LogP) is 1.75. The highest BCUT2D eigenvalue weighted by Crippen LogP contribution is 2.24. The molecule has 0 aliphatic carbocycles. The van der Waals surface area contributed by atoms with Crippen LogP contribution in [0.4, 0.5) is 4.39 Å². The maximum atomic E-state index is 13.1. The topological polar surface area (TPSA) is 53.1 Å². The smallest absolute Gasteiger partial charge is 0.253 e. The summed E-state index contributed by atoms with van der Waals surface area (Å²) in [5, 5.41) is 0. The molecule has 0 spiro atoms. The Kier molecular flexibility index (Phi) is 5.92. The molecule has 152 valence electrons. The first kappa shape index (κ1) is 19.3. The molecule has 0 radical (unpaired) electrons. The Morgan fingerprint density at radius 3 is 2.32 bits per heavy atom. The summed E-state index contributed by atoms with van der Waals surface area (Å²) in [4.78, 5) is 31.8. The lowest BCUT2D eigenvalue weighted by molar-refractivity contribution is -0.145. The largest absolute Gasteiger partial charge is 0.381 e. The number of halogens is 1. The number of likely N-dealkylation sites (tertiary alicyclic amines) is 1. The van der Waals surface area contributed by atoms with Crippen molar-refractivity contribution < 1.29 is 18.7 Å². The molecule has 2 amide bonds. The lowest BCUT2D eigenvalue weighted by atomic mass is 9.97. The Labute approximate surface area is 165 Å². The third kappa shape index (κ3) is 4.05. The van der Waals surface area contributed by atoms with Gasteiger partial charge in [-0.15, -0.1) is 0 Å². The molecule has 3 fully saturated rings. The van der Waals surface area contributed by atoms with Gasteiger partial charge in [0.05, 0.1) is 6.04 Å². The Morgan fingerprint density at radius 1 is 0.964 bits per heavy atom. The molecule has 1 aromatic carbocycles. The zero-order valence-corrected chi connectivity index (χ0v) is 16.2. The van der Waals surface area contributed by atoms with E-state index in [2.05, 4.69) is 9.80 Å². The number of benzene rings is 1. The lowest BCUT2D eigenvalue weighted by Gasteiger charge is -2.45. The van der Waals surface area contributed by atoms with Gasteiger partial charge < -0.3 is 14.5 Å². The first-order chi connectivity index (χ1) is 13.6. The second-order valence-electron chi connectivity index (χ2n) is 7.87. The van der Waals surface area contributed by atoms with Crippen molar-refractivity contribution in [3.05, 3.63) is 35.6 Å². The molecular formula is C21H28FN3O3. The van der Waals surface area contributed by atoms with Crippen LogP contribution in [0.1, 0.15) is 36.0 Å². The van der Waals surface area contributed by atoms with E-state index in [0.717, 1.165) is 45.4 Å². The molecule has 3 saturated heterocycles. The van der Waals surface area contributed by atoms with Crippen molar-refractivity contribution in [2.24, 2.45) is 0 Å². The molecule has 28 heavy (non-hydrogen) atoms. The Morgan fingerprint density at radius 2 is 1.64 bits per heavy atom. The van der Waals surface area contributed by atoms with Gasteiger partial charge in [-0.3, -0.25) is 14.5 Å². The number of ether oxygens (including phenoxy) is 1. The van der Waals surface area contributed by atoms with Crippen molar-refractivity contribution in [3.8, 4) is 0 Å². The Hall–Kier alpha value is -1.99. The zero-order valence-electron chi connectivity index (χ0n) is 16.2. The fourth-order valence-electron chi connectivity index (χ4n) is 4.59. The minimum Gasteiger partial charge on any atom is -0.381 e. The molecule has 3 aliphatic rings. The van der Waals surface area contributed by atoms with Crippen LogP contribution in [0, 0.1) is 5.82 Å². The van der Waals surface area contributed by atoms with Crippen molar-refractivity contribution in [2.75, 3.05) is 45.9 Å². The zero-order chi connectivity index (χ0) is 19.5. The van der Waals surface area contributed by atoms with Crippen LogP contribution in [0.2, 0.25) is 0 Å². The second kappa shape index (κ2) is 8.57. The first-order valence-electron chi connectivity index (χ1n) is 10.3. The van der Waals surface area contributed by atoms with E-state index < -0.39 is 0 Å². The van der Waals surface area contributed by atoms with Gasteiger partial charge in [0.2, 0.25) is 5.91 Å². The highest BCUT2D eigenvalue weighted by Gasteiger charge is 2.38. The molecular weight excluding hydrogens is 361 g/mol. The van der Waals surface area contributed by atoms with Crippen LogP contribution in [-0.2, 0) is 9.53 Å². The summed E-state index contributed by atoms with van der Waals surface area (Å²) < 4.78 is 18.5. The molecule has 0 bridgehead atoms. The summed E-state index contributed by atoms with van der Waals surface area (Å²) >= 11 is 0. The second-order valence-corrected chi connectivity index (χ2v) is 7.87. The average Bonchev–Trinajstić information content (AvgIpc) is 2.75. The minimum absolute atomic E-state index is 0.0698. The fraction of sp³-hybridized carbons (Fsp3) is 0.619. The average molecular weight is 389 g/mol. The van der Waals surface area contributed by atoms with E-state index in [1.54, 1.807) is 4.90 Å². The summed E-state index contributed by atoms with van der Waals surface area (Å²) in [5.74, 6) is -0.166. The van der Waals surface area contributed by atoms with Gasteiger partial charge in [-0.2, -0.15) is 0 Å². The molecule has 6 nitrogen and oxygen atoms in total. The number of hydrogen-bond donors (Lipinski definition) is 0. The molecule has 7 heteroatoms. The van der Waals surface area contributed by atoms with E-state index in [0.29, 0.717) is 37.8 Å². The van der Waals surface area contributed by atoms with E-state index in [1.807, 2.05) is 0 Å². The molecule has 0 aromatic heterocycles. The quantitative estimate of drug-likeness (QED) is 0.791. The molecule has 0 unspecified atom stereocenters. The van der Waals surface area contributed by atoms with Crippen molar-refractivity contribution in [1.82, 2.24) is 14.7 Å². The van der Waals surface area contributed by atoms with Crippen molar-refractivity contribution >= 4 is 11.8 Å². The Bertz CT molecular complexity index is 697. The molecule has 3 aliphatic heterocycles. The molecule has 0 saturated carbocycles. The third-order valence-corrected chi connectivity index (χ3v) is 6.21. The lowest BCUT2D eigenvalue weighted by Crippen LogP contribution is -2.60. The molecule has 4 rings (SSSR count). The van der Waals surface area contributed by atoms with E-state index in [1.165, 1.54) is 24.3 Å². The summed E-state index contributed by atoms with van der Waals surface area (Å²) in [6, 6.07) is 5.93. The van der Waals surface area contributed by atoms with Crippen LogP contribution in [-0.4, -0.2) is 84.5 Å². The standard InChI is InChI=1S/C21H28FN3O3/c22-17-5-3-16(4-6-17)20(26)24-12-10-23(11-13-24)19-2-1-9-25(21(19)27)18-7-14-28-15-8-18/h3-6,18-19H,1-2,7-15H2/t19-/m0/s1. The Balaban J connectivity index is 1.34. The van der Waals surface area contributed by atoms with E-state index >= 15 is 0 Å². The molecule has 1 aromatic rings. The van der Waals surface area contributed by atoms with Gasteiger partial charge >= 0.3 is 0 Å². The molecule has 1 atom stereocenters. The number of piperidine rings is 1. The van der Waals surface area contributed by atoms with Crippen LogP contribution in [0.25, 0.3) is 0 Å². The van der Waals surface area contributed by atoms with Crippen molar-refractivity contribution in [3.63, 3.8) is 0 Å². The maximum Gasteiger partial charge on any atom is 0.253 e. The number of rotatable bonds is 3. The van der Waals surface area contributed by atoms with E-state index in [4.69, 9.17) is 4.74 Å². The number of hydrogen-bond acceptors (Lipinski definition) is 4. The van der Waals surface area contributed by atoms with E-state index in [9.17, 15) is 14.0 Å². The fourth-order valence-corrected chi connectivity index (χ4v) is 4.59. The van der Waals surface area contributed by atoms with Crippen molar-refractivity contribution in [2.45, 2.75) is 37.8 Å². The number of carbonyl (C=O) groups is 2. The summed E-state index contributed by atoms with van der Waals surface area (Å²) in [7, 11) is 0. The van der Waals surface area contributed by atoms with Gasteiger partial charge in [-0.1, -0.05) is 0 Å². The highest BCUT2D eigenvalue weighted by atomic mass is 19.1. The molecule has 3 heterocycles. The normalized spacial score (nSPS) is 25.2.